The summed E-state index contributed by atoms with van der Waals surface area (Å²) in [5.41, 5.74) is 8.66. The van der Waals surface area contributed by atoms with Crippen molar-refractivity contribution in [2.24, 2.45) is 0 Å². The minimum Gasteiger partial charge on any atom is -0.453 e. The maximum absolute atomic E-state index is 12.9. The third kappa shape index (κ3) is 5.53. The highest BCUT2D eigenvalue weighted by molar-refractivity contribution is 6.15. The number of nitrogens with one attached hydrogen (secondary N) is 1. The second-order valence-corrected chi connectivity index (χ2v) is 7.08. The molecule has 4 aromatic rings. The monoisotopic (exact) mass is 443 g/mol. The molecule has 0 fully saturated rings. The average molecular weight is 443 g/mol. The summed E-state index contributed by atoms with van der Waals surface area (Å²) in [6.45, 7) is 3.46. The van der Waals surface area contributed by atoms with E-state index in [1.165, 1.54) is 4.68 Å². The van der Waals surface area contributed by atoms with Gasteiger partial charge in [-0.3, -0.25) is 0 Å². The van der Waals surface area contributed by atoms with E-state index in [4.69, 9.17) is 10.5 Å². The molecule has 0 bridgehead atoms. The lowest BCUT2D eigenvalue weighted by atomic mass is 10.2. The van der Waals surface area contributed by atoms with Crippen molar-refractivity contribution in [2.75, 3.05) is 11.1 Å². The molecule has 2 aromatic carbocycles. The Kier molecular flexibility index (Phi) is 6.30. The number of rotatable bonds is 7. The normalized spacial score (nSPS) is 11.3. The molecule has 0 aliphatic rings. The molecule has 0 spiro atoms. The molecule has 0 saturated heterocycles. The van der Waals surface area contributed by atoms with Crippen LogP contribution in [0.3, 0.4) is 0 Å². The summed E-state index contributed by atoms with van der Waals surface area (Å²) < 4.78 is 6.76. The lowest BCUT2D eigenvalue weighted by Gasteiger charge is -2.10. The van der Waals surface area contributed by atoms with Crippen LogP contribution in [-0.2, 0) is 16.1 Å². The summed E-state index contributed by atoms with van der Waals surface area (Å²) in [4.78, 5) is 25.4. The lowest BCUT2D eigenvalue weighted by molar-refractivity contribution is -0.138. The highest BCUT2D eigenvalue weighted by Crippen LogP contribution is 2.16. The fourth-order valence-electron chi connectivity index (χ4n) is 2.90. The molecule has 0 aliphatic heterocycles. The Hall–Kier alpha value is -4.67. The smallest absolute Gasteiger partial charge is 0.357 e. The van der Waals surface area contributed by atoms with Gasteiger partial charge in [-0.15, -0.1) is 5.10 Å². The van der Waals surface area contributed by atoms with Gasteiger partial charge in [0, 0.05) is 5.69 Å². The van der Waals surface area contributed by atoms with Crippen LogP contribution in [0, 0.1) is 13.8 Å². The zero-order valence-electron chi connectivity index (χ0n) is 18.0. The van der Waals surface area contributed by atoms with Crippen molar-refractivity contribution in [1.29, 1.82) is 0 Å². The molecular formula is C22H21N9O2. The van der Waals surface area contributed by atoms with Gasteiger partial charge in [-0.1, -0.05) is 48.0 Å². The van der Waals surface area contributed by atoms with Gasteiger partial charge in [0.05, 0.1) is 0 Å². The number of aryl methyl sites for hydroxylation is 2. The van der Waals surface area contributed by atoms with Gasteiger partial charge in [0.1, 0.15) is 0 Å². The second kappa shape index (κ2) is 9.64. The van der Waals surface area contributed by atoms with E-state index in [2.05, 4.69) is 35.8 Å². The minimum absolute atomic E-state index is 0.00188. The van der Waals surface area contributed by atoms with Gasteiger partial charge in [0.15, 0.2) is 24.0 Å². The number of carbonyl (C=O) groups is 1. The van der Waals surface area contributed by atoms with E-state index < -0.39 is 5.97 Å². The number of hydrogen-bond acceptors (Lipinski definition) is 10. The van der Waals surface area contributed by atoms with Crippen LogP contribution in [0.4, 0.5) is 17.6 Å². The predicted octanol–water partition coefficient (Wildman–Crippen LogP) is 2.54. The number of nitrogen functional groups attached to an aromatic ring is 1. The first-order valence-electron chi connectivity index (χ1n) is 10.0. The number of carbonyl (C=O) groups excluding carboxylic acids is 1. The van der Waals surface area contributed by atoms with E-state index in [-0.39, 0.29) is 30.0 Å². The Morgan fingerprint density at radius 1 is 1.06 bits per heavy atom. The quantitative estimate of drug-likeness (QED) is 0.322. The third-order valence-corrected chi connectivity index (χ3v) is 4.50. The standard InChI is InChI=1S/C22H21N9O2/c1-14-8-10-17(11-9-14)24-22-26-19(25-21(23)27-22)13-33-20(32)18(31-15(2)28-29-30-31)12-16-6-4-3-5-7-16/h3-12H,13H2,1-2H3,(H3,23,24,25,26,27)/b18-12-. The second-order valence-electron chi connectivity index (χ2n) is 7.08. The Balaban J connectivity index is 1.53. The Labute approximate surface area is 189 Å². The number of aromatic nitrogens is 7. The van der Waals surface area contributed by atoms with Gasteiger partial charge in [-0.25, -0.2) is 4.79 Å². The molecule has 0 radical (unpaired) electrons. The first-order valence-corrected chi connectivity index (χ1v) is 10.0. The molecule has 0 saturated carbocycles. The maximum atomic E-state index is 12.9. The van der Waals surface area contributed by atoms with Crippen LogP contribution >= 0.6 is 0 Å². The number of esters is 1. The number of anilines is 3. The molecule has 0 atom stereocenters. The number of nitrogens with two attached hydrogens (primary N) is 1. The van der Waals surface area contributed by atoms with Gasteiger partial charge in [-0.2, -0.15) is 19.6 Å². The maximum Gasteiger partial charge on any atom is 0.357 e. The summed E-state index contributed by atoms with van der Waals surface area (Å²) >= 11 is 0. The molecule has 4 rings (SSSR count). The van der Waals surface area contributed by atoms with E-state index in [0.29, 0.717) is 5.82 Å². The Morgan fingerprint density at radius 3 is 2.52 bits per heavy atom. The number of tetrazole rings is 1. The van der Waals surface area contributed by atoms with Crippen molar-refractivity contribution < 1.29 is 9.53 Å². The molecule has 2 heterocycles. The molecule has 3 N–H and O–H groups in total. The van der Waals surface area contributed by atoms with Crippen molar-refractivity contribution in [3.63, 3.8) is 0 Å². The van der Waals surface area contributed by atoms with Crippen LogP contribution in [0.25, 0.3) is 11.8 Å². The van der Waals surface area contributed by atoms with Gasteiger partial charge >= 0.3 is 5.97 Å². The average Bonchev–Trinajstić information content (AvgIpc) is 3.23. The van der Waals surface area contributed by atoms with E-state index >= 15 is 0 Å². The third-order valence-electron chi connectivity index (χ3n) is 4.50. The Bertz CT molecular complexity index is 1280. The number of benzene rings is 2. The topological polar surface area (TPSA) is 147 Å². The largest absolute Gasteiger partial charge is 0.453 e. The lowest BCUT2D eigenvalue weighted by Crippen LogP contribution is -2.16. The van der Waals surface area contributed by atoms with Crippen LogP contribution < -0.4 is 11.1 Å². The van der Waals surface area contributed by atoms with Crippen LogP contribution in [0.15, 0.2) is 54.6 Å². The summed E-state index contributed by atoms with van der Waals surface area (Å²) in [5, 5.41) is 14.4. The zero-order chi connectivity index (χ0) is 23.2. The van der Waals surface area contributed by atoms with Gasteiger partial charge in [0.2, 0.25) is 11.9 Å². The summed E-state index contributed by atoms with van der Waals surface area (Å²) in [5.74, 6) is 0.221. The van der Waals surface area contributed by atoms with Crippen molar-refractivity contribution in [3.8, 4) is 0 Å². The van der Waals surface area contributed by atoms with Crippen LogP contribution in [-0.4, -0.2) is 41.1 Å². The van der Waals surface area contributed by atoms with E-state index in [1.54, 1.807) is 13.0 Å². The van der Waals surface area contributed by atoms with E-state index in [1.807, 2.05) is 61.5 Å². The van der Waals surface area contributed by atoms with Crippen molar-refractivity contribution in [2.45, 2.75) is 20.5 Å². The molecule has 0 unspecified atom stereocenters. The molecule has 11 heteroatoms. The summed E-state index contributed by atoms with van der Waals surface area (Å²) in [6, 6.07) is 17.0. The molecule has 2 aromatic heterocycles. The zero-order valence-corrected chi connectivity index (χ0v) is 18.0. The fraction of sp³-hybridized carbons (Fsp3) is 0.136. The molecule has 0 amide bonds. The number of nitrogens with zero attached hydrogens (tertiary/aromatic N) is 7. The minimum atomic E-state index is -0.652. The fourth-order valence-corrected chi connectivity index (χ4v) is 2.90. The highest BCUT2D eigenvalue weighted by Gasteiger charge is 2.19. The van der Waals surface area contributed by atoms with Gasteiger partial charge < -0.3 is 15.8 Å². The van der Waals surface area contributed by atoms with Crippen LogP contribution in [0.5, 0.6) is 0 Å². The molecule has 11 nitrogen and oxygen atoms in total. The molecule has 0 aliphatic carbocycles. The first kappa shape index (κ1) is 21.6. The summed E-state index contributed by atoms with van der Waals surface area (Å²) in [6.07, 6.45) is 1.64. The number of hydrogen-bond donors (Lipinski definition) is 2. The Morgan fingerprint density at radius 2 is 1.82 bits per heavy atom. The van der Waals surface area contributed by atoms with Gasteiger partial charge in [0.25, 0.3) is 0 Å². The number of ether oxygens (including phenoxy) is 1. The van der Waals surface area contributed by atoms with E-state index in [0.717, 1.165) is 16.8 Å². The molecular weight excluding hydrogens is 422 g/mol. The van der Waals surface area contributed by atoms with Crippen molar-refractivity contribution in [3.05, 3.63) is 77.4 Å². The molecule has 166 valence electrons. The van der Waals surface area contributed by atoms with Crippen LogP contribution in [0.1, 0.15) is 22.8 Å². The first-order chi connectivity index (χ1) is 16.0. The summed E-state index contributed by atoms with van der Waals surface area (Å²) in [7, 11) is 0. The SMILES string of the molecule is Cc1ccc(Nc2nc(N)nc(COC(=O)/C(=C/c3ccccc3)n3nnnc3C)n2)cc1. The predicted molar refractivity (Wildman–Crippen MR) is 122 cm³/mol. The van der Waals surface area contributed by atoms with Gasteiger partial charge in [-0.05, 0) is 48.0 Å². The van der Waals surface area contributed by atoms with Crippen molar-refractivity contribution >= 4 is 35.3 Å². The van der Waals surface area contributed by atoms with E-state index in [9.17, 15) is 4.79 Å². The highest BCUT2D eigenvalue weighted by atomic mass is 16.5. The van der Waals surface area contributed by atoms with Crippen molar-refractivity contribution in [1.82, 2.24) is 35.2 Å². The van der Waals surface area contributed by atoms with Crippen LogP contribution in [0.2, 0.25) is 0 Å². The molecule has 33 heavy (non-hydrogen) atoms.